The molecule has 0 fully saturated rings. The summed E-state index contributed by atoms with van der Waals surface area (Å²) in [6, 6.07) is 8.06. The number of furan rings is 1. The lowest BCUT2D eigenvalue weighted by atomic mass is 10.1. The molecule has 1 aromatic carbocycles. The van der Waals surface area contributed by atoms with E-state index in [4.69, 9.17) is 4.42 Å². The molecule has 21 heavy (non-hydrogen) atoms. The van der Waals surface area contributed by atoms with E-state index in [0.29, 0.717) is 6.42 Å². The standard InChI is InChI=1S/C15H14N2O2S2/c1-2-3-14(18)17-21-15-16-12-8-10(4-5-13(12)20-15)11-6-7-19-9-11/h4-9H,2-3H2,1H3,(H,17,18). The SMILES string of the molecule is CCCC(=O)NSc1nc2cc(-c3ccoc3)ccc2s1. The quantitative estimate of drug-likeness (QED) is 0.705. The molecule has 2 aromatic heterocycles. The molecule has 0 unspecified atom stereocenters. The predicted octanol–water partition coefficient (Wildman–Crippen LogP) is 4.48. The Kier molecular flexibility index (Phi) is 4.26. The van der Waals surface area contributed by atoms with Gasteiger partial charge in [0.05, 0.1) is 22.7 Å². The molecule has 0 saturated carbocycles. The summed E-state index contributed by atoms with van der Waals surface area (Å²) in [5, 5.41) is 0. The third kappa shape index (κ3) is 3.28. The van der Waals surface area contributed by atoms with E-state index in [2.05, 4.69) is 15.8 Å². The Morgan fingerprint density at radius 1 is 1.38 bits per heavy atom. The number of rotatable bonds is 5. The third-order valence-electron chi connectivity index (χ3n) is 2.95. The molecule has 0 atom stereocenters. The minimum Gasteiger partial charge on any atom is -0.472 e. The van der Waals surface area contributed by atoms with Crippen LogP contribution in [0.25, 0.3) is 21.3 Å². The van der Waals surface area contributed by atoms with Crippen LogP contribution >= 0.6 is 23.3 Å². The number of carbonyl (C=O) groups excluding carboxylic acids is 1. The summed E-state index contributed by atoms with van der Waals surface area (Å²) in [6.07, 6.45) is 4.77. The van der Waals surface area contributed by atoms with E-state index >= 15 is 0 Å². The Morgan fingerprint density at radius 2 is 2.29 bits per heavy atom. The normalized spacial score (nSPS) is 10.9. The monoisotopic (exact) mass is 318 g/mol. The summed E-state index contributed by atoms with van der Waals surface area (Å²) in [4.78, 5) is 16.0. The van der Waals surface area contributed by atoms with Crippen LogP contribution < -0.4 is 4.72 Å². The van der Waals surface area contributed by atoms with Crippen molar-refractivity contribution < 1.29 is 9.21 Å². The lowest BCUT2D eigenvalue weighted by molar-refractivity contribution is -0.119. The second-order valence-corrected chi connectivity index (χ2v) is 6.64. The zero-order valence-electron chi connectivity index (χ0n) is 11.5. The van der Waals surface area contributed by atoms with Gasteiger partial charge in [-0.1, -0.05) is 13.0 Å². The van der Waals surface area contributed by atoms with Crippen LogP contribution in [0, 0.1) is 0 Å². The topological polar surface area (TPSA) is 55.1 Å². The molecular weight excluding hydrogens is 304 g/mol. The van der Waals surface area contributed by atoms with Crippen molar-refractivity contribution in [3.8, 4) is 11.1 Å². The molecule has 4 nitrogen and oxygen atoms in total. The van der Waals surface area contributed by atoms with Gasteiger partial charge in [-0.25, -0.2) is 4.98 Å². The molecule has 1 N–H and O–H groups in total. The Hall–Kier alpha value is -1.79. The summed E-state index contributed by atoms with van der Waals surface area (Å²) in [5.74, 6) is 0.0424. The van der Waals surface area contributed by atoms with Gasteiger partial charge < -0.3 is 4.42 Å². The van der Waals surface area contributed by atoms with Crippen molar-refractivity contribution in [3.05, 3.63) is 36.8 Å². The van der Waals surface area contributed by atoms with Gasteiger partial charge in [0.25, 0.3) is 0 Å². The molecule has 1 amide bonds. The maximum atomic E-state index is 11.5. The Bertz CT molecular complexity index is 750. The van der Waals surface area contributed by atoms with Gasteiger partial charge in [0.15, 0.2) is 4.34 Å². The van der Waals surface area contributed by atoms with Crippen LogP contribution in [0.3, 0.4) is 0 Å². The summed E-state index contributed by atoms with van der Waals surface area (Å²) in [6.45, 7) is 1.99. The molecular formula is C15H14N2O2S2. The zero-order valence-corrected chi connectivity index (χ0v) is 13.1. The second kappa shape index (κ2) is 6.32. The summed E-state index contributed by atoms with van der Waals surface area (Å²) in [5.41, 5.74) is 3.05. The Morgan fingerprint density at radius 3 is 3.05 bits per heavy atom. The van der Waals surface area contributed by atoms with Crippen molar-refractivity contribution in [2.75, 3.05) is 0 Å². The molecule has 2 heterocycles. The number of thiazole rings is 1. The van der Waals surface area contributed by atoms with Crippen LogP contribution in [0.5, 0.6) is 0 Å². The van der Waals surface area contributed by atoms with E-state index in [0.717, 1.165) is 32.1 Å². The van der Waals surface area contributed by atoms with Gasteiger partial charge in [0.2, 0.25) is 5.91 Å². The predicted molar refractivity (Wildman–Crippen MR) is 86.2 cm³/mol. The maximum Gasteiger partial charge on any atom is 0.230 e. The minimum absolute atomic E-state index is 0.0424. The molecule has 3 aromatic rings. The highest BCUT2D eigenvalue weighted by atomic mass is 32.2. The molecule has 0 aliphatic rings. The summed E-state index contributed by atoms with van der Waals surface area (Å²) < 4.78 is 9.87. The fourth-order valence-electron chi connectivity index (χ4n) is 1.94. The Labute approximate surface area is 130 Å². The largest absolute Gasteiger partial charge is 0.472 e. The number of nitrogens with zero attached hydrogens (tertiary/aromatic N) is 1. The van der Waals surface area contributed by atoms with Crippen LogP contribution in [-0.2, 0) is 4.79 Å². The van der Waals surface area contributed by atoms with Gasteiger partial charge >= 0.3 is 0 Å². The van der Waals surface area contributed by atoms with Gasteiger partial charge in [-0.3, -0.25) is 9.52 Å². The highest BCUT2D eigenvalue weighted by Crippen LogP contribution is 2.31. The number of amides is 1. The van der Waals surface area contributed by atoms with Crippen molar-refractivity contribution in [2.24, 2.45) is 0 Å². The molecule has 108 valence electrons. The summed E-state index contributed by atoms with van der Waals surface area (Å²) in [7, 11) is 0. The first-order chi connectivity index (χ1) is 10.3. The maximum absolute atomic E-state index is 11.5. The van der Waals surface area contributed by atoms with Gasteiger partial charge in [-0.15, -0.1) is 11.3 Å². The fourth-order valence-corrected chi connectivity index (χ4v) is 3.62. The van der Waals surface area contributed by atoms with Crippen LogP contribution in [0.1, 0.15) is 19.8 Å². The van der Waals surface area contributed by atoms with Crippen molar-refractivity contribution in [2.45, 2.75) is 24.1 Å². The first-order valence-corrected chi connectivity index (χ1v) is 8.28. The number of carbonyl (C=O) groups is 1. The highest BCUT2D eigenvalue weighted by molar-refractivity contribution is 7.99. The van der Waals surface area contributed by atoms with Crippen LogP contribution in [-0.4, -0.2) is 10.9 Å². The fraction of sp³-hybridized carbons (Fsp3) is 0.200. The van der Waals surface area contributed by atoms with Crippen LogP contribution in [0.4, 0.5) is 0 Å². The van der Waals surface area contributed by atoms with Gasteiger partial charge in [-0.05, 0) is 30.2 Å². The van der Waals surface area contributed by atoms with Crippen molar-refractivity contribution in [1.82, 2.24) is 9.71 Å². The molecule has 0 aliphatic carbocycles. The van der Waals surface area contributed by atoms with E-state index in [1.165, 1.54) is 11.9 Å². The highest BCUT2D eigenvalue weighted by Gasteiger charge is 2.08. The third-order valence-corrected chi connectivity index (χ3v) is 4.88. The first kappa shape index (κ1) is 14.2. The number of hydrogen-bond acceptors (Lipinski definition) is 5. The van der Waals surface area contributed by atoms with E-state index in [9.17, 15) is 4.79 Å². The zero-order chi connectivity index (χ0) is 14.7. The van der Waals surface area contributed by atoms with E-state index in [1.807, 2.05) is 25.1 Å². The molecule has 0 radical (unpaired) electrons. The average molecular weight is 318 g/mol. The molecule has 0 saturated heterocycles. The van der Waals surface area contributed by atoms with Gasteiger partial charge in [0, 0.05) is 23.9 Å². The molecule has 6 heteroatoms. The van der Waals surface area contributed by atoms with E-state index in [1.54, 1.807) is 23.9 Å². The molecule has 0 bridgehead atoms. The van der Waals surface area contributed by atoms with Crippen molar-refractivity contribution in [3.63, 3.8) is 0 Å². The molecule has 3 rings (SSSR count). The number of fused-ring (bicyclic) bond motifs is 1. The number of benzene rings is 1. The van der Waals surface area contributed by atoms with Gasteiger partial charge in [0.1, 0.15) is 0 Å². The minimum atomic E-state index is 0.0424. The van der Waals surface area contributed by atoms with Crippen molar-refractivity contribution in [1.29, 1.82) is 0 Å². The summed E-state index contributed by atoms with van der Waals surface area (Å²) >= 11 is 2.86. The van der Waals surface area contributed by atoms with E-state index in [-0.39, 0.29) is 5.91 Å². The second-order valence-electron chi connectivity index (χ2n) is 4.55. The lowest BCUT2D eigenvalue weighted by Gasteiger charge is -1.98. The number of nitrogens with one attached hydrogen (secondary N) is 1. The average Bonchev–Trinajstić information content (AvgIpc) is 3.13. The smallest absolute Gasteiger partial charge is 0.230 e. The van der Waals surface area contributed by atoms with Crippen molar-refractivity contribution >= 4 is 39.4 Å². The molecule has 0 aliphatic heterocycles. The van der Waals surface area contributed by atoms with E-state index < -0.39 is 0 Å². The van der Waals surface area contributed by atoms with Crippen LogP contribution in [0.2, 0.25) is 0 Å². The number of aromatic nitrogens is 1. The first-order valence-electron chi connectivity index (χ1n) is 6.65. The lowest BCUT2D eigenvalue weighted by Crippen LogP contribution is -2.14. The number of hydrogen-bond donors (Lipinski definition) is 1. The van der Waals surface area contributed by atoms with Crippen LogP contribution in [0.15, 0.2) is 45.5 Å². The van der Waals surface area contributed by atoms with Gasteiger partial charge in [-0.2, -0.15) is 0 Å². The molecule has 0 spiro atoms. The Balaban J connectivity index is 1.79.